The fraction of sp³-hybridized carbons (Fsp3) is 0.818. The average Bonchev–Trinajstić information content (AvgIpc) is 2.25. The molecule has 0 aliphatic heterocycles. The smallest absolute Gasteiger partial charge is 0.308 e. The zero-order chi connectivity index (χ0) is 12.6. The highest BCUT2D eigenvalue weighted by molar-refractivity contribution is 5.77. The molecule has 2 N–H and O–H groups in total. The van der Waals surface area contributed by atoms with Crippen molar-refractivity contribution < 1.29 is 14.3 Å². The number of carbonyl (C=O) groups excluding carboxylic acids is 2. The first-order chi connectivity index (χ1) is 7.51. The van der Waals surface area contributed by atoms with Crippen LogP contribution in [0.15, 0.2) is 0 Å². The van der Waals surface area contributed by atoms with Crippen molar-refractivity contribution >= 4 is 11.9 Å². The molecule has 0 saturated carbocycles. The Labute approximate surface area is 96.9 Å². The number of hydrogen-bond donors (Lipinski definition) is 2. The molecule has 0 aromatic carbocycles. The van der Waals surface area contributed by atoms with Crippen LogP contribution in [0, 0.1) is 5.92 Å². The monoisotopic (exact) mass is 230 g/mol. The van der Waals surface area contributed by atoms with Gasteiger partial charge in [0, 0.05) is 12.6 Å². The van der Waals surface area contributed by atoms with Gasteiger partial charge in [-0.2, -0.15) is 0 Å². The highest BCUT2D eigenvalue weighted by atomic mass is 16.5. The van der Waals surface area contributed by atoms with Crippen LogP contribution in [-0.4, -0.2) is 38.1 Å². The molecule has 0 saturated heterocycles. The Balaban J connectivity index is 3.77. The highest BCUT2D eigenvalue weighted by Gasteiger charge is 2.16. The molecule has 0 rings (SSSR count). The van der Waals surface area contributed by atoms with Crippen molar-refractivity contribution in [3.63, 3.8) is 0 Å². The van der Waals surface area contributed by atoms with Crippen molar-refractivity contribution in [2.75, 3.05) is 20.2 Å². The summed E-state index contributed by atoms with van der Waals surface area (Å²) in [6.45, 7) is 6.55. The summed E-state index contributed by atoms with van der Waals surface area (Å²) in [5.41, 5.74) is 0. The quantitative estimate of drug-likeness (QED) is 0.617. The van der Waals surface area contributed by atoms with Gasteiger partial charge >= 0.3 is 5.97 Å². The maximum absolute atomic E-state index is 11.2. The van der Waals surface area contributed by atoms with E-state index >= 15 is 0 Å². The van der Waals surface area contributed by atoms with Gasteiger partial charge in [-0.25, -0.2) is 0 Å². The van der Waals surface area contributed by atoms with Gasteiger partial charge in [-0.1, -0.05) is 6.92 Å². The zero-order valence-corrected chi connectivity index (χ0v) is 10.5. The number of esters is 1. The molecule has 0 aromatic heterocycles. The Morgan fingerprint density at radius 2 is 1.94 bits per heavy atom. The number of ether oxygens (including phenoxy) is 1. The van der Waals surface area contributed by atoms with E-state index in [1.54, 1.807) is 0 Å². The van der Waals surface area contributed by atoms with Gasteiger partial charge in [-0.3, -0.25) is 9.59 Å². The SMILES string of the molecule is CCNC(=O)CNC(C)CC(C)C(=O)OC. The first-order valence-corrected chi connectivity index (χ1v) is 5.59. The highest BCUT2D eigenvalue weighted by Crippen LogP contribution is 2.07. The summed E-state index contributed by atoms with van der Waals surface area (Å²) in [7, 11) is 1.38. The molecule has 0 aliphatic carbocycles. The lowest BCUT2D eigenvalue weighted by atomic mass is 10.0. The number of likely N-dealkylation sites (N-methyl/N-ethyl adjacent to an activating group) is 1. The number of rotatable bonds is 7. The second kappa shape index (κ2) is 8.10. The Morgan fingerprint density at radius 1 is 1.31 bits per heavy atom. The summed E-state index contributed by atoms with van der Waals surface area (Å²) in [4.78, 5) is 22.3. The molecule has 0 aromatic rings. The number of amides is 1. The number of nitrogens with one attached hydrogen (secondary N) is 2. The molecule has 0 radical (unpaired) electrons. The molecule has 0 heterocycles. The van der Waals surface area contributed by atoms with Crippen molar-refractivity contribution in [1.82, 2.24) is 10.6 Å². The van der Waals surface area contributed by atoms with E-state index in [2.05, 4.69) is 15.4 Å². The van der Waals surface area contributed by atoms with Crippen molar-refractivity contribution in [3.8, 4) is 0 Å². The molecule has 0 spiro atoms. The molecule has 0 aliphatic rings. The molecule has 5 nitrogen and oxygen atoms in total. The van der Waals surface area contributed by atoms with Crippen LogP contribution < -0.4 is 10.6 Å². The van der Waals surface area contributed by atoms with Gasteiger partial charge in [0.2, 0.25) is 5.91 Å². The minimum atomic E-state index is -0.216. The molecule has 16 heavy (non-hydrogen) atoms. The van der Waals surface area contributed by atoms with Gasteiger partial charge in [0.25, 0.3) is 0 Å². The summed E-state index contributed by atoms with van der Waals surface area (Å²) < 4.78 is 4.63. The van der Waals surface area contributed by atoms with Crippen LogP contribution in [0.2, 0.25) is 0 Å². The predicted molar refractivity (Wildman–Crippen MR) is 61.9 cm³/mol. The minimum absolute atomic E-state index is 0.0277. The first kappa shape index (κ1) is 14.9. The third-order valence-corrected chi connectivity index (χ3v) is 2.30. The summed E-state index contributed by atoms with van der Waals surface area (Å²) in [5.74, 6) is -0.395. The fourth-order valence-corrected chi connectivity index (χ4v) is 1.44. The van der Waals surface area contributed by atoms with E-state index in [4.69, 9.17) is 0 Å². The predicted octanol–water partition coefficient (Wildman–Crippen LogP) is 0.300. The summed E-state index contributed by atoms with van der Waals surface area (Å²) in [5, 5.41) is 5.75. The molecule has 2 atom stereocenters. The van der Waals surface area contributed by atoms with Gasteiger partial charge in [0.15, 0.2) is 0 Å². The van der Waals surface area contributed by atoms with Crippen molar-refractivity contribution in [1.29, 1.82) is 0 Å². The largest absolute Gasteiger partial charge is 0.469 e. The van der Waals surface area contributed by atoms with Crippen LogP contribution in [0.5, 0.6) is 0 Å². The van der Waals surface area contributed by atoms with E-state index < -0.39 is 0 Å². The van der Waals surface area contributed by atoms with Crippen LogP contribution in [0.3, 0.4) is 0 Å². The van der Waals surface area contributed by atoms with E-state index in [1.807, 2.05) is 20.8 Å². The maximum Gasteiger partial charge on any atom is 0.308 e. The lowest BCUT2D eigenvalue weighted by Crippen LogP contribution is -2.39. The molecule has 5 heteroatoms. The Bertz CT molecular complexity index is 231. The Morgan fingerprint density at radius 3 is 2.44 bits per heavy atom. The first-order valence-electron chi connectivity index (χ1n) is 5.59. The van der Waals surface area contributed by atoms with E-state index in [0.717, 1.165) is 0 Å². The lowest BCUT2D eigenvalue weighted by molar-refractivity contribution is -0.145. The zero-order valence-electron chi connectivity index (χ0n) is 10.5. The van der Waals surface area contributed by atoms with Gasteiger partial charge in [0.05, 0.1) is 19.6 Å². The summed E-state index contributed by atoms with van der Waals surface area (Å²) in [6.07, 6.45) is 0.659. The molecule has 0 bridgehead atoms. The van der Waals surface area contributed by atoms with Gasteiger partial charge in [0.1, 0.15) is 0 Å². The van der Waals surface area contributed by atoms with Gasteiger partial charge < -0.3 is 15.4 Å². The van der Waals surface area contributed by atoms with E-state index in [-0.39, 0.29) is 30.4 Å². The van der Waals surface area contributed by atoms with Crippen LogP contribution in [-0.2, 0) is 14.3 Å². The van der Waals surface area contributed by atoms with E-state index in [1.165, 1.54) is 7.11 Å². The van der Waals surface area contributed by atoms with E-state index in [9.17, 15) is 9.59 Å². The van der Waals surface area contributed by atoms with Crippen LogP contribution in [0.4, 0.5) is 0 Å². The second-order valence-corrected chi connectivity index (χ2v) is 3.90. The molecular weight excluding hydrogens is 208 g/mol. The van der Waals surface area contributed by atoms with Crippen LogP contribution in [0.25, 0.3) is 0 Å². The Hall–Kier alpha value is -1.10. The van der Waals surface area contributed by atoms with Crippen LogP contribution in [0.1, 0.15) is 27.2 Å². The maximum atomic E-state index is 11.2. The van der Waals surface area contributed by atoms with Gasteiger partial charge in [-0.15, -0.1) is 0 Å². The number of methoxy groups -OCH3 is 1. The third-order valence-electron chi connectivity index (χ3n) is 2.30. The summed E-state index contributed by atoms with van der Waals surface area (Å²) in [6, 6.07) is 0.108. The number of hydrogen-bond acceptors (Lipinski definition) is 4. The van der Waals surface area contributed by atoms with Gasteiger partial charge in [-0.05, 0) is 20.3 Å². The standard InChI is InChI=1S/C11H22N2O3/c1-5-12-10(14)7-13-9(3)6-8(2)11(15)16-4/h8-9,13H,5-7H2,1-4H3,(H,12,14). The lowest BCUT2D eigenvalue weighted by Gasteiger charge is -2.16. The molecule has 2 unspecified atom stereocenters. The molecule has 94 valence electrons. The normalized spacial score (nSPS) is 14.0. The average molecular weight is 230 g/mol. The molecule has 1 amide bonds. The summed E-state index contributed by atoms with van der Waals surface area (Å²) >= 11 is 0. The Kier molecular flexibility index (Phi) is 7.54. The van der Waals surface area contributed by atoms with Crippen molar-refractivity contribution in [2.45, 2.75) is 33.2 Å². The third kappa shape index (κ3) is 6.40. The van der Waals surface area contributed by atoms with Crippen LogP contribution >= 0.6 is 0 Å². The topological polar surface area (TPSA) is 67.4 Å². The van der Waals surface area contributed by atoms with E-state index in [0.29, 0.717) is 13.0 Å². The molecular formula is C11H22N2O3. The van der Waals surface area contributed by atoms with Crippen molar-refractivity contribution in [2.24, 2.45) is 5.92 Å². The second-order valence-electron chi connectivity index (χ2n) is 3.90. The minimum Gasteiger partial charge on any atom is -0.469 e. The number of carbonyl (C=O) groups is 2. The fourth-order valence-electron chi connectivity index (χ4n) is 1.44. The van der Waals surface area contributed by atoms with Crippen molar-refractivity contribution in [3.05, 3.63) is 0 Å². The molecule has 0 fully saturated rings.